The van der Waals surface area contributed by atoms with Crippen LogP contribution in [0.4, 0.5) is 20.7 Å². The molecule has 1 fully saturated rings. The van der Waals surface area contributed by atoms with E-state index in [0.29, 0.717) is 73.2 Å². The van der Waals surface area contributed by atoms with Gasteiger partial charge in [-0.15, -0.1) is 0 Å². The summed E-state index contributed by atoms with van der Waals surface area (Å²) in [5.74, 6) is -0.156. The van der Waals surface area contributed by atoms with Crippen molar-refractivity contribution in [1.82, 2.24) is 9.97 Å². The molecule has 1 amide bonds. The summed E-state index contributed by atoms with van der Waals surface area (Å²) in [5, 5.41) is 2.51. The summed E-state index contributed by atoms with van der Waals surface area (Å²) in [5.41, 5.74) is 0.000669. The minimum atomic E-state index is -3.74. The third-order valence-electron chi connectivity index (χ3n) is 7.27. The SMILES string of the molecule is CC(C)(C)OC(=O)Nc1cc(Cl)c2c(c1F)C1(CCC2)Cc2nc(S(C)(=O)=O)nc(N3CCCOCC3)c2CO1. The fourth-order valence-corrected chi connectivity index (χ4v) is 6.42. The monoisotopic (exact) mass is 596 g/mol. The summed E-state index contributed by atoms with van der Waals surface area (Å²) in [6.45, 7) is 7.49. The van der Waals surface area contributed by atoms with Crippen LogP contribution in [0, 0.1) is 5.82 Å². The number of halogens is 2. The van der Waals surface area contributed by atoms with Crippen LogP contribution in [0.5, 0.6) is 0 Å². The third kappa shape index (κ3) is 5.77. The number of carbonyl (C=O) groups excluding carboxylic acids is 1. The fourth-order valence-electron chi connectivity index (χ4n) is 5.59. The van der Waals surface area contributed by atoms with Crippen molar-refractivity contribution in [3.05, 3.63) is 39.3 Å². The Morgan fingerprint density at radius 3 is 2.70 bits per heavy atom. The zero-order valence-corrected chi connectivity index (χ0v) is 24.7. The molecule has 10 nitrogen and oxygen atoms in total. The molecule has 13 heteroatoms. The molecule has 0 bridgehead atoms. The maximum atomic E-state index is 16.3. The van der Waals surface area contributed by atoms with Crippen molar-refractivity contribution in [1.29, 1.82) is 0 Å². The molecule has 1 atom stereocenters. The van der Waals surface area contributed by atoms with Gasteiger partial charge in [0.2, 0.25) is 15.0 Å². The van der Waals surface area contributed by atoms with Crippen molar-refractivity contribution in [2.24, 2.45) is 0 Å². The number of carbonyl (C=O) groups is 1. The van der Waals surface area contributed by atoms with Crippen LogP contribution in [0.25, 0.3) is 0 Å². The third-order valence-corrected chi connectivity index (χ3v) is 8.45. The molecule has 1 aromatic heterocycles. The first-order chi connectivity index (χ1) is 18.8. The first-order valence-corrected chi connectivity index (χ1v) is 15.6. The fraction of sp³-hybridized carbons (Fsp3) is 0.593. The summed E-state index contributed by atoms with van der Waals surface area (Å²) < 4.78 is 58.8. The summed E-state index contributed by atoms with van der Waals surface area (Å²) in [6.07, 6.45) is 2.84. The Kier molecular flexibility index (Phi) is 7.75. The zero-order chi connectivity index (χ0) is 28.9. The van der Waals surface area contributed by atoms with Crippen molar-refractivity contribution < 1.29 is 31.8 Å². The van der Waals surface area contributed by atoms with E-state index in [4.69, 9.17) is 25.8 Å². The van der Waals surface area contributed by atoms with Gasteiger partial charge in [-0.2, -0.15) is 0 Å². The van der Waals surface area contributed by atoms with E-state index in [9.17, 15) is 13.2 Å². The van der Waals surface area contributed by atoms with E-state index >= 15 is 4.39 Å². The number of hydrogen-bond acceptors (Lipinski definition) is 9. The summed E-state index contributed by atoms with van der Waals surface area (Å²) in [7, 11) is -3.74. The topological polar surface area (TPSA) is 120 Å². The van der Waals surface area contributed by atoms with Crippen molar-refractivity contribution in [2.75, 3.05) is 42.8 Å². The van der Waals surface area contributed by atoms with Gasteiger partial charge < -0.3 is 19.1 Å². The molecule has 1 saturated heterocycles. The van der Waals surface area contributed by atoms with Gasteiger partial charge in [0, 0.05) is 48.5 Å². The van der Waals surface area contributed by atoms with E-state index in [0.717, 1.165) is 12.7 Å². The lowest BCUT2D eigenvalue weighted by Crippen LogP contribution is -2.42. The van der Waals surface area contributed by atoms with Gasteiger partial charge in [0.05, 0.1) is 24.6 Å². The number of ether oxygens (including phenoxy) is 3. The number of anilines is 2. The number of rotatable bonds is 3. The number of fused-ring (bicyclic) bond motifs is 3. The van der Waals surface area contributed by atoms with Crippen LogP contribution in [-0.4, -0.2) is 62.6 Å². The molecule has 0 saturated carbocycles. The van der Waals surface area contributed by atoms with Crippen LogP contribution in [0.2, 0.25) is 5.02 Å². The Morgan fingerprint density at radius 1 is 1.20 bits per heavy atom. The second-order valence-electron chi connectivity index (χ2n) is 11.5. The second kappa shape index (κ2) is 10.7. The summed E-state index contributed by atoms with van der Waals surface area (Å²) in [6, 6.07) is 1.39. The number of benzene rings is 1. The predicted molar refractivity (Wildman–Crippen MR) is 147 cm³/mol. The smallest absolute Gasteiger partial charge is 0.412 e. The van der Waals surface area contributed by atoms with Crippen LogP contribution in [0.15, 0.2) is 11.2 Å². The second-order valence-corrected chi connectivity index (χ2v) is 13.8. The van der Waals surface area contributed by atoms with Crippen molar-refractivity contribution >= 4 is 39.0 Å². The highest BCUT2D eigenvalue weighted by Gasteiger charge is 2.46. The lowest BCUT2D eigenvalue weighted by atomic mass is 9.74. The molecule has 1 unspecified atom stereocenters. The molecule has 0 radical (unpaired) electrons. The maximum absolute atomic E-state index is 16.3. The molecule has 3 aliphatic rings. The lowest BCUT2D eigenvalue weighted by Gasteiger charge is -2.43. The largest absolute Gasteiger partial charge is 0.444 e. The van der Waals surface area contributed by atoms with E-state index in [1.165, 1.54) is 6.07 Å². The number of sulfone groups is 1. The highest BCUT2D eigenvalue weighted by molar-refractivity contribution is 7.90. The van der Waals surface area contributed by atoms with Gasteiger partial charge in [0.1, 0.15) is 17.0 Å². The molecule has 2 aliphatic heterocycles. The molecule has 3 heterocycles. The van der Waals surface area contributed by atoms with Crippen LogP contribution in [0.1, 0.15) is 62.4 Å². The van der Waals surface area contributed by atoms with Crippen LogP contribution < -0.4 is 10.2 Å². The lowest BCUT2D eigenvalue weighted by molar-refractivity contribution is -0.0877. The number of amides is 1. The van der Waals surface area contributed by atoms with Gasteiger partial charge in [-0.05, 0) is 58.1 Å². The van der Waals surface area contributed by atoms with Gasteiger partial charge in [-0.25, -0.2) is 27.6 Å². The van der Waals surface area contributed by atoms with Gasteiger partial charge in [0.25, 0.3) is 0 Å². The maximum Gasteiger partial charge on any atom is 0.412 e. The van der Waals surface area contributed by atoms with Crippen molar-refractivity contribution in [3.63, 3.8) is 0 Å². The molecular formula is C27H34ClFN4O6S. The number of hydrogen-bond donors (Lipinski definition) is 1. The standard InChI is InChI=1S/C27H34ClFN4O6S/c1-26(2,3)39-25(34)31-19-13-18(28)16-7-5-8-27(21(16)22(19)29)14-20-17(15-38-27)23(32-24(30-20)40(4,35)36)33-9-6-11-37-12-10-33/h13H,5-12,14-15H2,1-4H3,(H,31,34). The Hall–Kier alpha value is -2.54. The molecule has 1 N–H and O–H groups in total. The number of aromatic nitrogens is 2. The molecule has 218 valence electrons. The highest BCUT2D eigenvalue weighted by Crippen LogP contribution is 2.49. The number of nitrogens with zero attached hydrogens (tertiary/aromatic N) is 3. The summed E-state index contributed by atoms with van der Waals surface area (Å²) in [4.78, 5) is 23.4. The molecule has 1 aromatic carbocycles. The predicted octanol–water partition coefficient (Wildman–Crippen LogP) is 4.55. The Labute approximate surface area is 238 Å². The molecule has 2 aromatic rings. The minimum Gasteiger partial charge on any atom is -0.444 e. The van der Waals surface area contributed by atoms with Gasteiger partial charge in [0.15, 0.2) is 5.82 Å². The Morgan fingerprint density at radius 2 is 1.98 bits per heavy atom. The molecule has 1 aliphatic carbocycles. The van der Waals surface area contributed by atoms with E-state index in [2.05, 4.69) is 15.3 Å². The Balaban J connectivity index is 1.59. The quantitative estimate of drug-likeness (QED) is 0.509. The highest BCUT2D eigenvalue weighted by atomic mass is 35.5. The van der Waals surface area contributed by atoms with Crippen LogP contribution >= 0.6 is 11.6 Å². The van der Waals surface area contributed by atoms with Crippen molar-refractivity contribution in [3.8, 4) is 0 Å². The first-order valence-electron chi connectivity index (χ1n) is 13.4. The summed E-state index contributed by atoms with van der Waals surface area (Å²) >= 11 is 6.63. The van der Waals surface area contributed by atoms with E-state index in [1.54, 1.807) is 20.8 Å². The number of nitrogens with one attached hydrogen (secondary N) is 1. The van der Waals surface area contributed by atoms with Crippen LogP contribution in [0.3, 0.4) is 0 Å². The Bertz CT molecular complexity index is 1440. The van der Waals surface area contributed by atoms with Gasteiger partial charge >= 0.3 is 6.09 Å². The van der Waals surface area contributed by atoms with Gasteiger partial charge in [-0.1, -0.05) is 11.6 Å². The van der Waals surface area contributed by atoms with Gasteiger partial charge in [-0.3, -0.25) is 5.32 Å². The molecular weight excluding hydrogens is 563 g/mol. The van der Waals surface area contributed by atoms with Crippen molar-refractivity contribution in [2.45, 2.75) is 75.8 Å². The van der Waals surface area contributed by atoms with E-state index < -0.39 is 32.9 Å². The normalized spacial score (nSPS) is 21.4. The molecule has 1 spiro atoms. The van der Waals surface area contributed by atoms with Crippen LogP contribution in [-0.2, 0) is 49.1 Å². The average molecular weight is 597 g/mol. The molecule has 5 rings (SSSR count). The minimum absolute atomic E-state index is 0.0618. The molecule has 40 heavy (non-hydrogen) atoms. The average Bonchev–Trinajstić information content (AvgIpc) is 3.14. The zero-order valence-electron chi connectivity index (χ0n) is 23.1. The van der Waals surface area contributed by atoms with E-state index in [1.807, 2.05) is 4.90 Å². The first kappa shape index (κ1) is 29.0. The van der Waals surface area contributed by atoms with E-state index in [-0.39, 0.29) is 29.4 Å².